The summed E-state index contributed by atoms with van der Waals surface area (Å²) >= 11 is 0. The van der Waals surface area contributed by atoms with Crippen LogP contribution < -0.4 is 14.8 Å². The lowest BCUT2D eigenvalue weighted by Crippen LogP contribution is -2.25. The molecule has 104 valence electrons. The van der Waals surface area contributed by atoms with Crippen LogP contribution >= 0.6 is 0 Å². The van der Waals surface area contributed by atoms with Crippen LogP contribution in [-0.2, 0) is 4.79 Å². The van der Waals surface area contributed by atoms with Crippen molar-refractivity contribution in [1.82, 2.24) is 5.32 Å². The minimum atomic E-state index is -0.112. The minimum absolute atomic E-state index is 0.112. The Morgan fingerprint density at radius 2 is 2.05 bits per heavy atom. The van der Waals surface area contributed by atoms with Gasteiger partial charge in [-0.1, -0.05) is 13.8 Å². The highest BCUT2D eigenvalue weighted by atomic mass is 16.5. The molecule has 0 aliphatic carbocycles. The van der Waals surface area contributed by atoms with E-state index in [2.05, 4.69) is 19.2 Å². The van der Waals surface area contributed by atoms with Crippen LogP contribution in [0.1, 0.15) is 19.4 Å². The zero-order valence-corrected chi connectivity index (χ0v) is 11.9. The Labute approximate surface area is 114 Å². The number of methoxy groups -OCH3 is 2. The van der Waals surface area contributed by atoms with Crippen molar-refractivity contribution < 1.29 is 14.3 Å². The maximum atomic E-state index is 11.6. The molecule has 0 bridgehead atoms. The average Bonchev–Trinajstić information content (AvgIpc) is 2.42. The van der Waals surface area contributed by atoms with Crippen molar-refractivity contribution in [3.05, 3.63) is 29.8 Å². The summed E-state index contributed by atoms with van der Waals surface area (Å²) in [5.74, 6) is 1.75. The number of carbonyl (C=O) groups excluding carboxylic acids is 1. The van der Waals surface area contributed by atoms with Crippen molar-refractivity contribution >= 4 is 12.0 Å². The second kappa shape index (κ2) is 7.46. The fourth-order valence-electron chi connectivity index (χ4n) is 1.50. The third-order valence-corrected chi connectivity index (χ3v) is 2.54. The normalized spacial score (nSPS) is 10.8. The molecule has 0 fully saturated rings. The number of ether oxygens (including phenoxy) is 2. The van der Waals surface area contributed by atoms with Gasteiger partial charge in [0.1, 0.15) is 11.5 Å². The van der Waals surface area contributed by atoms with Gasteiger partial charge in [-0.3, -0.25) is 4.79 Å². The summed E-state index contributed by atoms with van der Waals surface area (Å²) in [6.45, 7) is 4.77. The van der Waals surface area contributed by atoms with Crippen molar-refractivity contribution in [2.24, 2.45) is 5.92 Å². The number of hydrogen-bond acceptors (Lipinski definition) is 3. The lowest BCUT2D eigenvalue weighted by atomic mass is 10.1. The molecule has 0 atom stereocenters. The Kier molecular flexibility index (Phi) is 5.93. The Morgan fingerprint density at radius 1 is 1.32 bits per heavy atom. The topological polar surface area (TPSA) is 47.6 Å². The fraction of sp³-hybridized carbons (Fsp3) is 0.400. The zero-order chi connectivity index (χ0) is 14.3. The molecule has 4 nitrogen and oxygen atoms in total. The number of benzene rings is 1. The summed E-state index contributed by atoms with van der Waals surface area (Å²) in [5, 5.41) is 2.82. The Morgan fingerprint density at radius 3 is 2.63 bits per heavy atom. The summed E-state index contributed by atoms with van der Waals surface area (Å²) in [7, 11) is 3.20. The lowest BCUT2D eigenvalue weighted by molar-refractivity contribution is -0.116. The molecular weight excluding hydrogens is 242 g/mol. The number of rotatable bonds is 6. The summed E-state index contributed by atoms with van der Waals surface area (Å²) in [4.78, 5) is 11.6. The number of nitrogens with one attached hydrogen (secondary N) is 1. The molecule has 4 heteroatoms. The van der Waals surface area contributed by atoms with Crippen LogP contribution in [0, 0.1) is 5.92 Å². The molecule has 0 unspecified atom stereocenters. The van der Waals surface area contributed by atoms with Gasteiger partial charge in [0.15, 0.2) is 0 Å². The molecule has 0 aliphatic rings. The Bertz CT molecular complexity index is 453. The van der Waals surface area contributed by atoms with Gasteiger partial charge in [-0.2, -0.15) is 0 Å². The maximum absolute atomic E-state index is 11.6. The van der Waals surface area contributed by atoms with Crippen molar-refractivity contribution in [3.8, 4) is 11.5 Å². The van der Waals surface area contributed by atoms with Crippen LogP contribution in [0.4, 0.5) is 0 Å². The van der Waals surface area contributed by atoms with E-state index in [1.54, 1.807) is 20.3 Å². The van der Waals surface area contributed by atoms with Gasteiger partial charge in [0.05, 0.1) is 14.2 Å². The monoisotopic (exact) mass is 263 g/mol. The highest BCUT2D eigenvalue weighted by Crippen LogP contribution is 2.24. The van der Waals surface area contributed by atoms with Gasteiger partial charge in [0.25, 0.3) is 0 Å². The Hall–Kier alpha value is -1.97. The summed E-state index contributed by atoms with van der Waals surface area (Å²) < 4.78 is 10.4. The Balaban J connectivity index is 2.76. The molecule has 0 saturated carbocycles. The van der Waals surface area contributed by atoms with Gasteiger partial charge >= 0.3 is 0 Å². The van der Waals surface area contributed by atoms with Crippen molar-refractivity contribution in [1.29, 1.82) is 0 Å². The molecule has 1 aromatic carbocycles. The van der Waals surface area contributed by atoms with Crippen molar-refractivity contribution in [2.45, 2.75) is 13.8 Å². The minimum Gasteiger partial charge on any atom is -0.497 e. The smallest absolute Gasteiger partial charge is 0.244 e. The molecule has 0 heterocycles. The molecule has 0 saturated heterocycles. The summed E-state index contributed by atoms with van der Waals surface area (Å²) in [6, 6.07) is 5.45. The fourth-order valence-corrected chi connectivity index (χ4v) is 1.50. The quantitative estimate of drug-likeness (QED) is 0.802. The molecule has 1 aromatic rings. The van der Waals surface area contributed by atoms with Gasteiger partial charge in [-0.15, -0.1) is 0 Å². The van der Waals surface area contributed by atoms with E-state index in [0.29, 0.717) is 18.2 Å². The molecular formula is C15H21NO3. The third kappa shape index (κ3) is 5.04. The van der Waals surface area contributed by atoms with Gasteiger partial charge in [-0.05, 0) is 30.2 Å². The van der Waals surface area contributed by atoms with Gasteiger partial charge in [-0.25, -0.2) is 0 Å². The lowest BCUT2D eigenvalue weighted by Gasteiger charge is -2.07. The first-order chi connectivity index (χ1) is 9.06. The largest absolute Gasteiger partial charge is 0.497 e. The summed E-state index contributed by atoms with van der Waals surface area (Å²) in [6.07, 6.45) is 3.22. The standard InChI is InChI=1S/C15H21NO3/c1-11(2)10-16-15(17)8-5-12-9-13(18-3)6-7-14(12)19-4/h5-9,11H,10H2,1-4H3,(H,16,17). The molecule has 0 aromatic heterocycles. The first-order valence-corrected chi connectivity index (χ1v) is 6.24. The maximum Gasteiger partial charge on any atom is 0.244 e. The molecule has 19 heavy (non-hydrogen) atoms. The number of amides is 1. The first-order valence-electron chi connectivity index (χ1n) is 6.24. The molecule has 1 amide bonds. The van der Waals surface area contributed by atoms with Crippen molar-refractivity contribution in [2.75, 3.05) is 20.8 Å². The molecule has 0 radical (unpaired) electrons. The highest BCUT2D eigenvalue weighted by molar-refractivity contribution is 5.92. The van der Waals surface area contributed by atoms with Crippen LogP contribution in [0.2, 0.25) is 0 Å². The van der Waals surface area contributed by atoms with E-state index < -0.39 is 0 Å². The van der Waals surface area contributed by atoms with Crippen LogP contribution in [-0.4, -0.2) is 26.7 Å². The number of carbonyl (C=O) groups is 1. The van der Waals surface area contributed by atoms with Gasteiger partial charge in [0.2, 0.25) is 5.91 Å². The average molecular weight is 263 g/mol. The van der Waals surface area contributed by atoms with Crippen LogP contribution in [0.3, 0.4) is 0 Å². The zero-order valence-electron chi connectivity index (χ0n) is 11.9. The highest BCUT2D eigenvalue weighted by Gasteiger charge is 2.03. The van der Waals surface area contributed by atoms with E-state index in [0.717, 1.165) is 11.3 Å². The van der Waals surface area contributed by atoms with Crippen LogP contribution in [0.15, 0.2) is 24.3 Å². The SMILES string of the molecule is COc1ccc(OC)c(C=CC(=O)NCC(C)C)c1. The predicted octanol–water partition coefficient (Wildman–Crippen LogP) is 2.49. The predicted molar refractivity (Wildman–Crippen MR) is 76.4 cm³/mol. The second-order valence-corrected chi connectivity index (χ2v) is 4.58. The molecule has 0 spiro atoms. The van der Waals surface area contributed by atoms with E-state index >= 15 is 0 Å². The summed E-state index contributed by atoms with van der Waals surface area (Å²) in [5.41, 5.74) is 0.807. The molecule has 0 aliphatic heterocycles. The van der Waals surface area contributed by atoms with E-state index in [-0.39, 0.29) is 5.91 Å². The van der Waals surface area contributed by atoms with Crippen molar-refractivity contribution in [3.63, 3.8) is 0 Å². The molecule has 1 rings (SSSR count). The van der Waals surface area contributed by atoms with E-state index in [4.69, 9.17) is 9.47 Å². The van der Waals surface area contributed by atoms with E-state index in [1.807, 2.05) is 18.2 Å². The van der Waals surface area contributed by atoms with Crippen LogP contribution in [0.25, 0.3) is 6.08 Å². The third-order valence-electron chi connectivity index (χ3n) is 2.54. The first kappa shape index (κ1) is 15.1. The van der Waals surface area contributed by atoms with E-state index in [9.17, 15) is 4.79 Å². The van der Waals surface area contributed by atoms with E-state index in [1.165, 1.54) is 6.08 Å². The van der Waals surface area contributed by atoms with Crippen LogP contribution in [0.5, 0.6) is 11.5 Å². The number of hydrogen-bond donors (Lipinski definition) is 1. The van der Waals surface area contributed by atoms with Gasteiger partial charge in [0, 0.05) is 18.2 Å². The second-order valence-electron chi connectivity index (χ2n) is 4.58. The van der Waals surface area contributed by atoms with Gasteiger partial charge < -0.3 is 14.8 Å². The molecule has 1 N–H and O–H groups in total.